The lowest BCUT2D eigenvalue weighted by molar-refractivity contribution is 0.00832. The minimum atomic E-state index is -1.16. The van der Waals surface area contributed by atoms with Gasteiger partial charge in [0.25, 0.3) is 0 Å². The molecule has 2 aromatic heterocycles. The van der Waals surface area contributed by atoms with Crippen molar-refractivity contribution in [1.82, 2.24) is 15.0 Å². The number of pyridine rings is 1. The number of fused-ring (bicyclic) bond motifs is 1. The van der Waals surface area contributed by atoms with E-state index in [2.05, 4.69) is 25.6 Å². The number of carboxylic acid groups (broad SMARTS) is 1. The van der Waals surface area contributed by atoms with Crippen molar-refractivity contribution in [3.05, 3.63) is 71.2 Å². The fraction of sp³-hybridized carbons (Fsp3) is 0.227. The van der Waals surface area contributed by atoms with Crippen LogP contribution in [-0.4, -0.2) is 43.7 Å². The second kappa shape index (κ2) is 8.23. The molecule has 0 aliphatic carbocycles. The van der Waals surface area contributed by atoms with Crippen molar-refractivity contribution in [2.75, 3.05) is 17.2 Å². The number of carboxylic acids is 1. The van der Waals surface area contributed by atoms with Gasteiger partial charge in [0.2, 0.25) is 5.95 Å². The average Bonchev–Trinajstić information content (AvgIpc) is 3.00. The van der Waals surface area contributed by atoms with Crippen LogP contribution in [0.4, 0.5) is 17.5 Å². The third-order valence-electron chi connectivity index (χ3n) is 5.02. The first-order valence-electron chi connectivity index (χ1n) is 9.82. The van der Waals surface area contributed by atoms with Gasteiger partial charge in [-0.1, -0.05) is 30.3 Å². The number of aliphatic hydroxyl groups is 1. The van der Waals surface area contributed by atoms with Gasteiger partial charge in [0, 0.05) is 18.5 Å². The lowest BCUT2D eigenvalue weighted by Crippen LogP contribution is -2.18. The molecule has 0 fully saturated rings. The number of hydrogen-bond donors (Lipinski definition) is 4. The summed E-state index contributed by atoms with van der Waals surface area (Å²) in [5.41, 5.74) is 0.864. The van der Waals surface area contributed by atoms with Gasteiger partial charge in [0.1, 0.15) is 28.2 Å². The van der Waals surface area contributed by atoms with Gasteiger partial charge in [-0.2, -0.15) is 0 Å². The highest BCUT2D eigenvalue weighted by molar-refractivity contribution is 5.95. The van der Waals surface area contributed by atoms with Crippen molar-refractivity contribution < 1.29 is 24.5 Å². The Hall–Kier alpha value is -4.05. The molecule has 0 saturated carbocycles. The molecule has 3 heterocycles. The normalized spacial score (nSPS) is 14.9. The van der Waals surface area contributed by atoms with Crippen molar-refractivity contribution in [3.63, 3.8) is 0 Å². The molecule has 0 spiro atoms. The van der Waals surface area contributed by atoms with E-state index in [0.29, 0.717) is 11.3 Å². The molecule has 0 unspecified atom stereocenters. The average molecular weight is 435 g/mol. The summed E-state index contributed by atoms with van der Waals surface area (Å²) in [6.07, 6.45) is 2.58. The first-order valence-corrected chi connectivity index (χ1v) is 9.82. The second-order valence-corrected chi connectivity index (χ2v) is 7.69. The number of hydrogen-bond acceptors (Lipinski definition) is 9. The van der Waals surface area contributed by atoms with E-state index in [1.165, 1.54) is 18.5 Å². The summed E-state index contributed by atoms with van der Waals surface area (Å²) in [7, 11) is 0. The summed E-state index contributed by atoms with van der Waals surface area (Å²) in [4.78, 5) is 36.3. The third-order valence-corrected chi connectivity index (χ3v) is 5.02. The lowest BCUT2D eigenvalue weighted by Gasteiger charge is -2.20. The molecule has 4 rings (SSSR count). The van der Waals surface area contributed by atoms with E-state index < -0.39 is 23.6 Å². The lowest BCUT2D eigenvalue weighted by atomic mass is 10.0. The monoisotopic (exact) mass is 435 g/mol. The van der Waals surface area contributed by atoms with E-state index in [4.69, 9.17) is 4.74 Å². The zero-order valence-electron chi connectivity index (χ0n) is 17.4. The van der Waals surface area contributed by atoms with Crippen LogP contribution in [0.15, 0.2) is 48.8 Å². The number of rotatable bonds is 7. The zero-order chi connectivity index (χ0) is 22.9. The SMILES string of the molecule is CC1(C)OC(=O)c2cnc(Nc3cc(N[C@H](CO)c4ccccc4)c(C(=O)O)cn3)nc21. The van der Waals surface area contributed by atoms with Gasteiger partial charge in [-0.3, -0.25) is 0 Å². The van der Waals surface area contributed by atoms with E-state index in [-0.39, 0.29) is 29.6 Å². The van der Waals surface area contributed by atoms with Gasteiger partial charge in [-0.25, -0.2) is 24.5 Å². The Morgan fingerprint density at radius 3 is 2.62 bits per heavy atom. The Morgan fingerprint density at radius 2 is 1.94 bits per heavy atom. The van der Waals surface area contributed by atoms with Crippen molar-refractivity contribution in [2.45, 2.75) is 25.5 Å². The van der Waals surface area contributed by atoms with Gasteiger partial charge >= 0.3 is 11.9 Å². The summed E-state index contributed by atoms with van der Waals surface area (Å²) in [6, 6.07) is 10.2. The first kappa shape index (κ1) is 21.2. The molecular weight excluding hydrogens is 414 g/mol. The van der Waals surface area contributed by atoms with Crippen molar-refractivity contribution >= 4 is 29.4 Å². The van der Waals surface area contributed by atoms with Gasteiger partial charge in [0.05, 0.1) is 18.3 Å². The van der Waals surface area contributed by atoms with Gasteiger partial charge < -0.3 is 25.6 Å². The van der Waals surface area contributed by atoms with Crippen LogP contribution in [0.5, 0.6) is 0 Å². The molecule has 164 valence electrons. The van der Waals surface area contributed by atoms with Gasteiger partial charge in [-0.05, 0) is 19.4 Å². The molecule has 0 amide bonds. The number of aliphatic hydroxyl groups excluding tert-OH is 1. The number of ether oxygens (including phenoxy) is 1. The van der Waals surface area contributed by atoms with Crippen LogP contribution in [0.25, 0.3) is 0 Å². The molecule has 0 bridgehead atoms. The summed E-state index contributed by atoms with van der Waals surface area (Å²) in [5.74, 6) is -1.19. The van der Waals surface area contributed by atoms with Crippen molar-refractivity contribution in [2.24, 2.45) is 0 Å². The smallest absolute Gasteiger partial charge is 0.342 e. The Morgan fingerprint density at radius 1 is 1.19 bits per heavy atom. The number of esters is 1. The van der Waals surface area contributed by atoms with E-state index in [1.54, 1.807) is 13.8 Å². The minimum Gasteiger partial charge on any atom is -0.478 e. The molecule has 1 atom stereocenters. The number of cyclic esters (lactones) is 1. The Labute approximate surface area is 183 Å². The highest BCUT2D eigenvalue weighted by Crippen LogP contribution is 2.34. The fourth-order valence-corrected chi connectivity index (χ4v) is 3.42. The van der Waals surface area contributed by atoms with E-state index in [9.17, 15) is 19.8 Å². The van der Waals surface area contributed by atoms with Crippen LogP contribution in [0.1, 0.15) is 51.9 Å². The minimum absolute atomic E-state index is 0.0556. The predicted molar refractivity (Wildman–Crippen MR) is 115 cm³/mol. The zero-order valence-corrected chi connectivity index (χ0v) is 17.4. The van der Waals surface area contributed by atoms with Crippen LogP contribution in [-0.2, 0) is 10.3 Å². The van der Waals surface area contributed by atoms with Crippen LogP contribution in [0.2, 0.25) is 0 Å². The molecule has 0 radical (unpaired) electrons. The molecule has 32 heavy (non-hydrogen) atoms. The molecule has 1 aliphatic heterocycles. The van der Waals surface area contributed by atoms with Crippen LogP contribution >= 0.6 is 0 Å². The maximum absolute atomic E-state index is 11.9. The van der Waals surface area contributed by atoms with Crippen molar-refractivity contribution in [1.29, 1.82) is 0 Å². The Balaban J connectivity index is 1.64. The molecule has 1 aromatic carbocycles. The number of aromatic carboxylic acids is 1. The quantitative estimate of drug-likeness (QED) is 0.408. The number of carbonyl (C=O) groups excluding carboxylic acids is 1. The van der Waals surface area contributed by atoms with Crippen LogP contribution < -0.4 is 10.6 Å². The first-order chi connectivity index (χ1) is 15.3. The maximum atomic E-state index is 11.9. The maximum Gasteiger partial charge on any atom is 0.342 e. The fourth-order valence-electron chi connectivity index (χ4n) is 3.42. The molecule has 4 N–H and O–H groups in total. The molecule has 10 nitrogen and oxygen atoms in total. The largest absolute Gasteiger partial charge is 0.478 e. The molecular formula is C22H21N5O5. The highest BCUT2D eigenvalue weighted by Gasteiger charge is 2.40. The Bertz CT molecular complexity index is 1180. The summed E-state index contributed by atoms with van der Waals surface area (Å²) >= 11 is 0. The third kappa shape index (κ3) is 4.08. The van der Waals surface area contributed by atoms with Gasteiger partial charge in [0.15, 0.2) is 0 Å². The summed E-state index contributed by atoms with van der Waals surface area (Å²) in [5, 5.41) is 25.4. The number of benzene rings is 1. The van der Waals surface area contributed by atoms with E-state index in [1.807, 2.05) is 30.3 Å². The van der Waals surface area contributed by atoms with E-state index >= 15 is 0 Å². The number of carbonyl (C=O) groups is 2. The second-order valence-electron chi connectivity index (χ2n) is 7.69. The summed E-state index contributed by atoms with van der Waals surface area (Å²) in [6.45, 7) is 3.22. The van der Waals surface area contributed by atoms with Crippen LogP contribution in [0, 0.1) is 0 Å². The number of anilines is 3. The van der Waals surface area contributed by atoms with Crippen molar-refractivity contribution in [3.8, 4) is 0 Å². The molecule has 1 aliphatic rings. The van der Waals surface area contributed by atoms with Gasteiger partial charge in [-0.15, -0.1) is 0 Å². The highest BCUT2D eigenvalue weighted by atomic mass is 16.6. The molecule has 0 saturated heterocycles. The molecule has 3 aromatic rings. The van der Waals surface area contributed by atoms with E-state index in [0.717, 1.165) is 5.56 Å². The topological polar surface area (TPSA) is 147 Å². The molecule has 10 heteroatoms. The predicted octanol–water partition coefficient (Wildman–Crippen LogP) is 2.86. The Kier molecular flexibility index (Phi) is 5.45. The standard InChI is InChI=1S/C22H21N5O5/c1-22(2)18-14(20(31)32-22)10-24-21(27-18)26-17-8-15(13(9-23-17)19(29)30)25-16(11-28)12-6-4-3-5-7-12/h3-10,16,28H,11H2,1-2H3,(H,29,30)(H2,23,24,25,26,27)/t16-/m1/s1. The number of nitrogens with zero attached hydrogens (tertiary/aromatic N) is 3. The van der Waals surface area contributed by atoms with Crippen LogP contribution in [0.3, 0.4) is 0 Å². The summed E-state index contributed by atoms with van der Waals surface area (Å²) < 4.78 is 5.30. The number of aromatic nitrogens is 3. The number of nitrogens with one attached hydrogen (secondary N) is 2.